The number of hydrogen-bond donors (Lipinski definition) is 2. The molecule has 0 fully saturated rings. The van der Waals surface area contributed by atoms with Gasteiger partial charge in [-0.05, 0) is 62.6 Å². The summed E-state index contributed by atoms with van der Waals surface area (Å²) in [5.74, 6) is -0.0882. The van der Waals surface area contributed by atoms with Gasteiger partial charge in [-0.2, -0.15) is 0 Å². The van der Waals surface area contributed by atoms with E-state index in [0.29, 0.717) is 5.56 Å². The molecule has 0 unspecified atom stereocenters. The van der Waals surface area contributed by atoms with Gasteiger partial charge in [0.2, 0.25) is 0 Å². The van der Waals surface area contributed by atoms with E-state index in [9.17, 15) is 4.79 Å². The van der Waals surface area contributed by atoms with Crippen molar-refractivity contribution in [2.24, 2.45) is 0 Å². The van der Waals surface area contributed by atoms with Crippen molar-refractivity contribution in [1.82, 2.24) is 0 Å². The molecule has 0 aliphatic heterocycles. The molecule has 2 rings (SSSR count). The van der Waals surface area contributed by atoms with Crippen molar-refractivity contribution >= 4 is 17.3 Å². The lowest BCUT2D eigenvalue weighted by molar-refractivity contribution is 0.102. The molecule has 3 N–H and O–H groups in total. The lowest BCUT2D eigenvalue weighted by Gasteiger charge is -2.12. The van der Waals surface area contributed by atoms with Gasteiger partial charge in [0.15, 0.2) is 0 Å². The highest BCUT2D eigenvalue weighted by Gasteiger charge is 2.11. The number of rotatable bonds is 2. The molecule has 0 spiro atoms. The lowest BCUT2D eigenvalue weighted by atomic mass is 10.0. The number of carbonyl (C=O) groups excluding carboxylic acids is 1. The van der Waals surface area contributed by atoms with Crippen molar-refractivity contribution in [2.45, 2.75) is 27.7 Å². The van der Waals surface area contributed by atoms with E-state index in [2.05, 4.69) is 5.32 Å². The zero-order chi connectivity index (χ0) is 14.9. The second-order valence-corrected chi connectivity index (χ2v) is 5.30. The first-order valence-corrected chi connectivity index (χ1v) is 6.64. The number of nitrogen functional groups attached to an aromatic ring is 1. The third kappa shape index (κ3) is 2.82. The lowest BCUT2D eigenvalue weighted by Crippen LogP contribution is -2.14. The third-order valence-corrected chi connectivity index (χ3v) is 3.49. The van der Waals surface area contributed by atoms with Crippen molar-refractivity contribution < 1.29 is 4.79 Å². The molecular formula is C17H20N2O. The Morgan fingerprint density at radius 1 is 0.950 bits per heavy atom. The minimum atomic E-state index is -0.0882. The molecule has 2 aromatic carbocycles. The molecule has 0 radical (unpaired) electrons. The quantitative estimate of drug-likeness (QED) is 0.815. The van der Waals surface area contributed by atoms with Crippen LogP contribution in [0.1, 0.15) is 32.6 Å². The van der Waals surface area contributed by atoms with Gasteiger partial charge in [0.05, 0.1) is 0 Å². The normalized spacial score (nSPS) is 10.4. The first-order valence-electron chi connectivity index (χ1n) is 6.64. The smallest absolute Gasteiger partial charge is 0.255 e. The Bertz CT molecular complexity index is 675. The number of amides is 1. The Hall–Kier alpha value is -2.29. The summed E-state index contributed by atoms with van der Waals surface area (Å²) in [5.41, 5.74) is 12.2. The fourth-order valence-corrected chi connectivity index (χ4v) is 2.23. The Morgan fingerprint density at radius 2 is 1.65 bits per heavy atom. The molecular weight excluding hydrogens is 248 g/mol. The molecule has 0 atom stereocenters. The van der Waals surface area contributed by atoms with E-state index in [4.69, 9.17) is 5.73 Å². The van der Waals surface area contributed by atoms with Gasteiger partial charge in [0, 0.05) is 16.9 Å². The summed E-state index contributed by atoms with van der Waals surface area (Å²) in [6, 6.07) is 9.61. The first-order chi connectivity index (χ1) is 9.38. The van der Waals surface area contributed by atoms with Crippen molar-refractivity contribution in [3.8, 4) is 0 Å². The van der Waals surface area contributed by atoms with Gasteiger partial charge in [-0.1, -0.05) is 17.7 Å². The molecule has 1 amide bonds. The van der Waals surface area contributed by atoms with Crippen LogP contribution in [-0.2, 0) is 0 Å². The van der Waals surface area contributed by atoms with Crippen LogP contribution < -0.4 is 11.1 Å². The number of hydrogen-bond acceptors (Lipinski definition) is 2. The highest BCUT2D eigenvalue weighted by molar-refractivity contribution is 6.05. The molecule has 3 heteroatoms. The predicted molar refractivity (Wildman–Crippen MR) is 84.2 cm³/mol. The summed E-state index contributed by atoms with van der Waals surface area (Å²) < 4.78 is 0. The van der Waals surface area contributed by atoms with Crippen LogP contribution in [0.3, 0.4) is 0 Å². The number of benzene rings is 2. The summed E-state index contributed by atoms with van der Waals surface area (Å²) in [5, 5.41) is 2.96. The van der Waals surface area contributed by atoms with Crippen LogP contribution in [-0.4, -0.2) is 5.91 Å². The molecule has 0 aliphatic rings. The number of nitrogens with two attached hydrogens (primary N) is 1. The molecule has 2 aromatic rings. The Balaban J connectivity index is 2.30. The number of anilines is 2. The van der Waals surface area contributed by atoms with Crippen LogP contribution >= 0.6 is 0 Å². The topological polar surface area (TPSA) is 55.1 Å². The summed E-state index contributed by atoms with van der Waals surface area (Å²) >= 11 is 0. The summed E-state index contributed by atoms with van der Waals surface area (Å²) in [4.78, 5) is 12.4. The van der Waals surface area contributed by atoms with Crippen molar-refractivity contribution in [1.29, 1.82) is 0 Å². The Morgan fingerprint density at radius 3 is 2.30 bits per heavy atom. The van der Waals surface area contributed by atoms with E-state index >= 15 is 0 Å². The van der Waals surface area contributed by atoms with E-state index in [1.165, 1.54) is 0 Å². The average molecular weight is 268 g/mol. The van der Waals surface area contributed by atoms with Gasteiger partial charge >= 0.3 is 0 Å². The second-order valence-electron chi connectivity index (χ2n) is 5.30. The minimum absolute atomic E-state index is 0.0882. The van der Waals surface area contributed by atoms with E-state index in [1.54, 1.807) is 0 Å². The SMILES string of the molecule is Cc1ccc(C(=O)Nc2cc(C)c(N)cc2C)c(C)c1. The van der Waals surface area contributed by atoms with Gasteiger partial charge in [-0.25, -0.2) is 0 Å². The Labute approximate surface area is 119 Å². The average Bonchev–Trinajstić information content (AvgIpc) is 2.35. The van der Waals surface area contributed by atoms with Crippen molar-refractivity contribution in [3.63, 3.8) is 0 Å². The third-order valence-electron chi connectivity index (χ3n) is 3.49. The van der Waals surface area contributed by atoms with E-state index in [0.717, 1.165) is 33.6 Å². The van der Waals surface area contributed by atoms with E-state index < -0.39 is 0 Å². The van der Waals surface area contributed by atoms with Gasteiger partial charge in [0.1, 0.15) is 0 Å². The van der Waals surface area contributed by atoms with Crippen molar-refractivity contribution in [3.05, 3.63) is 58.1 Å². The fraction of sp³-hybridized carbons (Fsp3) is 0.235. The molecule has 0 aliphatic carbocycles. The molecule has 0 bridgehead atoms. The van der Waals surface area contributed by atoms with E-state index in [1.807, 2.05) is 58.0 Å². The predicted octanol–water partition coefficient (Wildman–Crippen LogP) is 3.75. The van der Waals surface area contributed by atoms with Gasteiger partial charge < -0.3 is 11.1 Å². The van der Waals surface area contributed by atoms with Crippen molar-refractivity contribution in [2.75, 3.05) is 11.1 Å². The van der Waals surface area contributed by atoms with E-state index in [-0.39, 0.29) is 5.91 Å². The number of carbonyl (C=O) groups is 1. The van der Waals surface area contributed by atoms with Crippen LogP contribution in [0.15, 0.2) is 30.3 Å². The number of aryl methyl sites for hydroxylation is 4. The fourth-order valence-electron chi connectivity index (χ4n) is 2.23. The van der Waals surface area contributed by atoms with Crippen LogP contribution in [0.2, 0.25) is 0 Å². The number of nitrogens with one attached hydrogen (secondary N) is 1. The molecule has 3 nitrogen and oxygen atoms in total. The highest BCUT2D eigenvalue weighted by atomic mass is 16.1. The van der Waals surface area contributed by atoms with Crippen LogP contribution in [0, 0.1) is 27.7 Å². The van der Waals surface area contributed by atoms with Gasteiger partial charge in [0.25, 0.3) is 5.91 Å². The zero-order valence-electron chi connectivity index (χ0n) is 12.4. The molecule has 0 aromatic heterocycles. The van der Waals surface area contributed by atoms with Crippen LogP contribution in [0.5, 0.6) is 0 Å². The largest absolute Gasteiger partial charge is 0.399 e. The maximum atomic E-state index is 12.4. The minimum Gasteiger partial charge on any atom is -0.399 e. The van der Waals surface area contributed by atoms with Crippen LogP contribution in [0.4, 0.5) is 11.4 Å². The highest BCUT2D eigenvalue weighted by Crippen LogP contribution is 2.23. The van der Waals surface area contributed by atoms with Gasteiger partial charge in [-0.15, -0.1) is 0 Å². The first kappa shape index (κ1) is 14.1. The summed E-state index contributed by atoms with van der Waals surface area (Å²) in [6.45, 7) is 7.83. The molecule has 104 valence electrons. The summed E-state index contributed by atoms with van der Waals surface area (Å²) in [6.07, 6.45) is 0. The maximum absolute atomic E-state index is 12.4. The zero-order valence-corrected chi connectivity index (χ0v) is 12.4. The molecule has 0 saturated carbocycles. The summed E-state index contributed by atoms with van der Waals surface area (Å²) in [7, 11) is 0. The standard InChI is InChI=1S/C17H20N2O/c1-10-5-6-14(11(2)7-10)17(20)19-16-9-12(3)15(18)8-13(16)4/h5-9H,18H2,1-4H3,(H,19,20). The Kier molecular flexibility index (Phi) is 3.79. The monoisotopic (exact) mass is 268 g/mol. The molecule has 0 saturated heterocycles. The maximum Gasteiger partial charge on any atom is 0.255 e. The van der Waals surface area contributed by atoms with Crippen LogP contribution in [0.25, 0.3) is 0 Å². The molecule has 20 heavy (non-hydrogen) atoms. The second kappa shape index (κ2) is 5.37. The van der Waals surface area contributed by atoms with Gasteiger partial charge in [-0.3, -0.25) is 4.79 Å². The molecule has 0 heterocycles.